The van der Waals surface area contributed by atoms with Crippen LogP contribution in [0.5, 0.6) is 5.75 Å². The van der Waals surface area contributed by atoms with Crippen molar-refractivity contribution in [3.05, 3.63) is 47.4 Å². The zero-order chi connectivity index (χ0) is 19.2. The molecule has 1 saturated heterocycles. The van der Waals surface area contributed by atoms with Crippen molar-refractivity contribution in [1.82, 2.24) is 10.1 Å². The number of nitrogens with zero attached hydrogens (tertiary/aromatic N) is 2. The standard InChI is InChI=1S/C19H22F2N2O4/c1-2-9-25-13-5-4-8-23(11-13)19(24)17-10-14(27-22-17)12-26-18-15(20)6-3-7-16(18)21/h3,6-7,10,13H,2,4-5,8-9,11-12H2,1H3/t13-/m0/s1. The van der Waals surface area contributed by atoms with Crippen molar-refractivity contribution in [1.29, 1.82) is 0 Å². The van der Waals surface area contributed by atoms with Crippen LogP contribution in [0.3, 0.4) is 0 Å². The Morgan fingerprint density at radius 2 is 2.15 bits per heavy atom. The summed E-state index contributed by atoms with van der Waals surface area (Å²) in [6.45, 7) is 3.62. The first-order chi connectivity index (χ1) is 13.1. The fraction of sp³-hybridized carbons (Fsp3) is 0.474. The van der Waals surface area contributed by atoms with Crippen LogP contribution in [0.15, 0.2) is 28.8 Å². The summed E-state index contributed by atoms with van der Waals surface area (Å²) in [7, 11) is 0. The molecule has 1 aliphatic heterocycles. The minimum Gasteiger partial charge on any atom is -0.479 e. The molecule has 6 nitrogen and oxygen atoms in total. The van der Waals surface area contributed by atoms with Gasteiger partial charge in [-0.1, -0.05) is 18.1 Å². The third-order valence-electron chi connectivity index (χ3n) is 4.28. The highest BCUT2D eigenvalue weighted by atomic mass is 19.1. The quantitative estimate of drug-likeness (QED) is 0.735. The SMILES string of the molecule is CCCO[C@H]1CCCN(C(=O)c2cc(COc3c(F)cccc3F)on2)C1. The topological polar surface area (TPSA) is 64.8 Å². The van der Waals surface area contributed by atoms with E-state index < -0.39 is 17.4 Å². The normalized spacial score (nSPS) is 17.1. The summed E-state index contributed by atoms with van der Waals surface area (Å²) in [5.41, 5.74) is 0.138. The van der Waals surface area contributed by atoms with Gasteiger partial charge in [0.15, 0.2) is 28.8 Å². The zero-order valence-corrected chi connectivity index (χ0v) is 15.1. The number of amides is 1. The Hall–Kier alpha value is -2.48. The number of ether oxygens (including phenoxy) is 2. The van der Waals surface area contributed by atoms with E-state index in [1.54, 1.807) is 4.90 Å². The lowest BCUT2D eigenvalue weighted by Gasteiger charge is -2.32. The van der Waals surface area contributed by atoms with E-state index in [0.29, 0.717) is 19.7 Å². The van der Waals surface area contributed by atoms with E-state index in [1.165, 1.54) is 12.1 Å². The number of carbonyl (C=O) groups is 1. The predicted octanol–water partition coefficient (Wildman–Crippen LogP) is 3.56. The minimum absolute atomic E-state index is 0.0291. The van der Waals surface area contributed by atoms with Gasteiger partial charge in [-0.25, -0.2) is 8.78 Å². The molecule has 1 aromatic carbocycles. The van der Waals surface area contributed by atoms with Crippen LogP contribution in [-0.4, -0.2) is 41.8 Å². The molecular formula is C19H22F2N2O4. The largest absolute Gasteiger partial charge is 0.479 e. The molecule has 27 heavy (non-hydrogen) atoms. The maximum atomic E-state index is 13.6. The molecule has 2 heterocycles. The molecule has 8 heteroatoms. The number of para-hydroxylation sites is 1. The summed E-state index contributed by atoms with van der Waals surface area (Å²) in [5.74, 6) is -2.16. The van der Waals surface area contributed by atoms with E-state index in [1.807, 2.05) is 6.92 Å². The van der Waals surface area contributed by atoms with Gasteiger partial charge < -0.3 is 18.9 Å². The minimum atomic E-state index is -0.808. The molecule has 0 unspecified atom stereocenters. The number of benzene rings is 1. The molecule has 0 saturated carbocycles. The van der Waals surface area contributed by atoms with Gasteiger partial charge in [0.05, 0.1) is 6.10 Å². The van der Waals surface area contributed by atoms with E-state index in [-0.39, 0.29) is 30.1 Å². The summed E-state index contributed by atoms with van der Waals surface area (Å²) in [4.78, 5) is 14.3. The average Bonchev–Trinajstić information content (AvgIpc) is 3.14. The monoisotopic (exact) mass is 380 g/mol. The van der Waals surface area contributed by atoms with Gasteiger partial charge in [0.1, 0.15) is 6.61 Å². The highest BCUT2D eigenvalue weighted by Crippen LogP contribution is 2.22. The third kappa shape index (κ3) is 4.82. The molecule has 0 radical (unpaired) electrons. The number of hydrogen-bond donors (Lipinski definition) is 0. The van der Waals surface area contributed by atoms with Gasteiger partial charge >= 0.3 is 0 Å². The van der Waals surface area contributed by atoms with Gasteiger partial charge in [0.2, 0.25) is 0 Å². The molecule has 1 atom stereocenters. The predicted molar refractivity (Wildman–Crippen MR) is 92.4 cm³/mol. The van der Waals surface area contributed by atoms with Gasteiger partial charge in [-0.15, -0.1) is 0 Å². The van der Waals surface area contributed by atoms with Crippen molar-refractivity contribution < 1.29 is 27.6 Å². The Morgan fingerprint density at radius 1 is 1.37 bits per heavy atom. The summed E-state index contributed by atoms with van der Waals surface area (Å²) in [6, 6.07) is 4.87. The fourth-order valence-electron chi connectivity index (χ4n) is 2.95. The molecule has 1 amide bonds. The van der Waals surface area contributed by atoms with Gasteiger partial charge in [0, 0.05) is 25.8 Å². The van der Waals surface area contributed by atoms with Crippen LogP contribution in [0.1, 0.15) is 42.4 Å². The number of carbonyl (C=O) groups excluding carboxylic acids is 1. The number of hydrogen-bond acceptors (Lipinski definition) is 5. The van der Waals surface area contributed by atoms with E-state index in [9.17, 15) is 13.6 Å². The van der Waals surface area contributed by atoms with Crippen molar-refractivity contribution in [2.24, 2.45) is 0 Å². The molecule has 1 aliphatic rings. The van der Waals surface area contributed by atoms with Crippen LogP contribution in [0.2, 0.25) is 0 Å². The number of likely N-dealkylation sites (tertiary alicyclic amines) is 1. The Bertz CT molecular complexity index is 761. The van der Waals surface area contributed by atoms with Crippen LogP contribution in [0.4, 0.5) is 8.78 Å². The summed E-state index contributed by atoms with van der Waals surface area (Å²) in [6.07, 6.45) is 2.75. The van der Waals surface area contributed by atoms with Crippen LogP contribution in [0.25, 0.3) is 0 Å². The van der Waals surface area contributed by atoms with Gasteiger partial charge in [-0.2, -0.15) is 0 Å². The lowest BCUT2D eigenvalue weighted by Crippen LogP contribution is -2.43. The molecule has 146 valence electrons. The van der Waals surface area contributed by atoms with Crippen molar-refractivity contribution in [3.8, 4) is 5.75 Å². The molecule has 0 bridgehead atoms. The summed E-state index contributed by atoms with van der Waals surface area (Å²) < 4.78 is 43.1. The van der Waals surface area contributed by atoms with E-state index >= 15 is 0 Å². The van der Waals surface area contributed by atoms with Crippen molar-refractivity contribution in [2.45, 2.75) is 38.9 Å². The molecule has 0 N–H and O–H groups in total. The maximum Gasteiger partial charge on any atom is 0.276 e. The summed E-state index contributed by atoms with van der Waals surface area (Å²) in [5, 5.41) is 3.76. The fourth-order valence-corrected chi connectivity index (χ4v) is 2.95. The van der Waals surface area contributed by atoms with Gasteiger partial charge in [0.25, 0.3) is 5.91 Å². The summed E-state index contributed by atoms with van der Waals surface area (Å²) >= 11 is 0. The zero-order valence-electron chi connectivity index (χ0n) is 15.1. The first kappa shape index (κ1) is 19.3. The second kappa shape index (κ2) is 8.94. The van der Waals surface area contributed by atoms with Gasteiger partial charge in [-0.3, -0.25) is 4.79 Å². The lowest BCUT2D eigenvalue weighted by atomic mass is 10.1. The molecule has 1 fully saturated rings. The van der Waals surface area contributed by atoms with Crippen LogP contribution in [-0.2, 0) is 11.3 Å². The Labute approximate surface area is 156 Å². The third-order valence-corrected chi connectivity index (χ3v) is 4.28. The first-order valence-electron chi connectivity index (χ1n) is 9.01. The van der Waals surface area contributed by atoms with Crippen molar-refractivity contribution in [2.75, 3.05) is 19.7 Å². The molecular weight excluding hydrogens is 358 g/mol. The lowest BCUT2D eigenvalue weighted by molar-refractivity contribution is 0.00180. The molecule has 3 rings (SSSR count). The molecule has 0 spiro atoms. The Morgan fingerprint density at radius 3 is 2.89 bits per heavy atom. The molecule has 0 aliphatic carbocycles. The average molecular weight is 380 g/mol. The second-order valence-electron chi connectivity index (χ2n) is 6.40. The highest BCUT2D eigenvalue weighted by molar-refractivity contribution is 5.92. The van der Waals surface area contributed by atoms with Gasteiger partial charge in [-0.05, 0) is 31.4 Å². The van der Waals surface area contributed by atoms with Crippen LogP contribution < -0.4 is 4.74 Å². The van der Waals surface area contributed by atoms with E-state index in [4.69, 9.17) is 14.0 Å². The maximum absolute atomic E-state index is 13.6. The Balaban J connectivity index is 1.59. The number of halogens is 2. The Kier molecular flexibility index (Phi) is 6.39. The molecule has 1 aromatic heterocycles. The van der Waals surface area contributed by atoms with Crippen LogP contribution in [0, 0.1) is 11.6 Å². The van der Waals surface area contributed by atoms with Crippen molar-refractivity contribution >= 4 is 5.91 Å². The second-order valence-corrected chi connectivity index (χ2v) is 6.40. The van der Waals surface area contributed by atoms with E-state index in [0.717, 1.165) is 31.4 Å². The highest BCUT2D eigenvalue weighted by Gasteiger charge is 2.27. The smallest absolute Gasteiger partial charge is 0.276 e. The first-order valence-corrected chi connectivity index (χ1v) is 9.01. The number of piperidine rings is 1. The number of rotatable bonds is 7. The number of aromatic nitrogens is 1. The molecule has 2 aromatic rings. The van der Waals surface area contributed by atoms with Crippen LogP contribution >= 0.6 is 0 Å². The van der Waals surface area contributed by atoms with Crippen molar-refractivity contribution in [3.63, 3.8) is 0 Å². The van der Waals surface area contributed by atoms with E-state index in [2.05, 4.69) is 5.16 Å².